The zero-order chi connectivity index (χ0) is 10.1. The summed E-state index contributed by atoms with van der Waals surface area (Å²) in [5.41, 5.74) is 4.03. The van der Waals surface area contributed by atoms with Crippen molar-refractivity contribution in [3.8, 4) is 0 Å². The quantitative estimate of drug-likeness (QED) is 0.659. The third kappa shape index (κ3) is 1.68. The number of aromatic nitrogens is 1. The van der Waals surface area contributed by atoms with Gasteiger partial charge in [-0.05, 0) is 43.7 Å². The van der Waals surface area contributed by atoms with Gasteiger partial charge in [0.05, 0.1) is 0 Å². The molecule has 1 nitrogen and oxygen atoms in total. The van der Waals surface area contributed by atoms with E-state index in [0.717, 1.165) is 11.6 Å². The number of nitrogens with zero attached hydrogens (tertiary/aromatic N) is 1. The molecule has 1 atom stereocenters. The van der Waals surface area contributed by atoms with E-state index in [2.05, 4.69) is 32.9 Å². The summed E-state index contributed by atoms with van der Waals surface area (Å²) in [6.45, 7) is 6.71. The number of rotatable bonds is 1. The molecule has 1 heterocycles. The normalized spacial score (nSPS) is 21.0. The second kappa shape index (κ2) is 3.72. The van der Waals surface area contributed by atoms with Gasteiger partial charge >= 0.3 is 0 Å². The molecule has 0 aromatic carbocycles. The van der Waals surface area contributed by atoms with Crippen molar-refractivity contribution in [3.05, 3.63) is 29.1 Å². The lowest BCUT2D eigenvalue weighted by molar-refractivity contribution is 0.422. The monoisotopic (exact) mass is 189 g/mol. The van der Waals surface area contributed by atoms with Crippen LogP contribution in [0.4, 0.5) is 0 Å². The van der Waals surface area contributed by atoms with Crippen molar-refractivity contribution in [3.63, 3.8) is 0 Å². The minimum Gasteiger partial charge on any atom is -0.258 e. The van der Waals surface area contributed by atoms with Gasteiger partial charge in [0, 0.05) is 17.3 Å². The lowest BCUT2D eigenvalue weighted by atomic mass is 9.80. The summed E-state index contributed by atoms with van der Waals surface area (Å²) in [4.78, 5) is 4.72. The van der Waals surface area contributed by atoms with Gasteiger partial charge in [0.2, 0.25) is 0 Å². The lowest BCUT2D eigenvalue weighted by Crippen LogP contribution is -2.16. The first kappa shape index (κ1) is 9.70. The van der Waals surface area contributed by atoms with Crippen LogP contribution >= 0.6 is 0 Å². The topological polar surface area (TPSA) is 12.9 Å². The molecule has 1 aromatic heterocycles. The molecule has 0 saturated carbocycles. The Balaban J connectivity index is 2.41. The van der Waals surface area contributed by atoms with E-state index in [1.165, 1.54) is 30.5 Å². The zero-order valence-electron chi connectivity index (χ0n) is 9.38. The minimum absolute atomic E-state index is 0.693. The molecular weight excluding hydrogens is 170 g/mol. The standard InChI is InChI=1S/C13H19N/c1-9(2)12-6-4-5-11-8-7-10(3)14-13(11)12/h7-9,12H,4-6H2,1-3H3. The van der Waals surface area contributed by atoms with Gasteiger partial charge in [-0.2, -0.15) is 0 Å². The summed E-state index contributed by atoms with van der Waals surface area (Å²) < 4.78 is 0. The Hall–Kier alpha value is -0.850. The van der Waals surface area contributed by atoms with Gasteiger partial charge < -0.3 is 0 Å². The second-order valence-electron chi connectivity index (χ2n) is 4.74. The molecule has 0 saturated heterocycles. The summed E-state index contributed by atoms with van der Waals surface area (Å²) in [5, 5.41) is 0. The third-order valence-corrected chi connectivity index (χ3v) is 3.27. The molecule has 1 aliphatic carbocycles. The largest absolute Gasteiger partial charge is 0.258 e. The number of hydrogen-bond acceptors (Lipinski definition) is 1. The van der Waals surface area contributed by atoms with Gasteiger partial charge in [0.25, 0.3) is 0 Å². The molecule has 0 N–H and O–H groups in total. The number of aryl methyl sites for hydroxylation is 2. The fourth-order valence-corrected chi connectivity index (χ4v) is 2.44. The Labute approximate surface area is 86.6 Å². The van der Waals surface area contributed by atoms with E-state index in [1.807, 2.05) is 0 Å². The van der Waals surface area contributed by atoms with Crippen molar-refractivity contribution in [2.24, 2.45) is 5.92 Å². The van der Waals surface area contributed by atoms with Crippen LogP contribution in [0.3, 0.4) is 0 Å². The highest BCUT2D eigenvalue weighted by Crippen LogP contribution is 2.35. The Morgan fingerprint density at radius 1 is 1.36 bits per heavy atom. The van der Waals surface area contributed by atoms with Crippen molar-refractivity contribution in [1.82, 2.24) is 4.98 Å². The van der Waals surface area contributed by atoms with Crippen LogP contribution in [0.5, 0.6) is 0 Å². The van der Waals surface area contributed by atoms with E-state index in [0.29, 0.717) is 5.92 Å². The van der Waals surface area contributed by atoms with Crippen LogP contribution in [0, 0.1) is 12.8 Å². The molecule has 0 radical (unpaired) electrons. The zero-order valence-corrected chi connectivity index (χ0v) is 9.38. The van der Waals surface area contributed by atoms with E-state index in [9.17, 15) is 0 Å². The van der Waals surface area contributed by atoms with Crippen molar-refractivity contribution >= 4 is 0 Å². The van der Waals surface area contributed by atoms with Crippen LogP contribution in [0.2, 0.25) is 0 Å². The van der Waals surface area contributed by atoms with E-state index < -0.39 is 0 Å². The highest BCUT2D eigenvalue weighted by molar-refractivity contribution is 5.28. The van der Waals surface area contributed by atoms with Crippen LogP contribution in [-0.2, 0) is 6.42 Å². The molecular formula is C13H19N. The number of pyridine rings is 1. The average Bonchev–Trinajstić information content (AvgIpc) is 2.16. The summed E-state index contributed by atoms with van der Waals surface area (Å²) in [6.07, 6.45) is 3.88. The molecule has 0 amide bonds. The van der Waals surface area contributed by atoms with Crippen molar-refractivity contribution < 1.29 is 0 Å². The highest BCUT2D eigenvalue weighted by Gasteiger charge is 2.23. The van der Waals surface area contributed by atoms with Gasteiger partial charge in [0.15, 0.2) is 0 Å². The van der Waals surface area contributed by atoms with E-state index in [1.54, 1.807) is 0 Å². The highest BCUT2D eigenvalue weighted by atomic mass is 14.7. The van der Waals surface area contributed by atoms with Crippen molar-refractivity contribution in [2.75, 3.05) is 0 Å². The fraction of sp³-hybridized carbons (Fsp3) is 0.615. The smallest absolute Gasteiger partial charge is 0.0472 e. The van der Waals surface area contributed by atoms with Gasteiger partial charge in [0.1, 0.15) is 0 Å². The molecule has 0 bridgehead atoms. The first-order valence-electron chi connectivity index (χ1n) is 5.65. The lowest BCUT2D eigenvalue weighted by Gasteiger charge is -2.27. The summed E-state index contributed by atoms with van der Waals surface area (Å²) in [5.74, 6) is 1.42. The Kier molecular flexibility index (Phi) is 2.58. The third-order valence-electron chi connectivity index (χ3n) is 3.27. The van der Waals surface area contributed by atoms with E-state index in [-0.39, 0.29) is 0 Å². The molecule has 0 fully saturated rings. The van der Waals surface area contributed by atoms with Crippen LogP contribution in [0.25, 0.3) is 0 Å². The second-order valence-corrected chi connectivity index (χ2v) is 4.74. The molecule has 2 rings (SSSR count). The van der Waals surface area contributed by atoms with Crippen LogP contribution in [0.1, 0.15) is 49.6 Å². The molecule has 1 aromatic rings. The van der Waals surface area contributed by atoms with Crippen molar-refractivity contribution in [2.45, 2.75) is 46.0 Å². The SMILES string of the molecule is Cc1ccc2c(n1)C(C(C)C)CCC2. The Bertz CT molecular complexity index is 328. The summed E-state index contributed by atoms with van der Waals surface area (Å²) >= 11 is 0. The first-order valence-corrected chi connectivity index (χ1v) is 5.65. The predicted octanol–water partition coefficient (Wildman–Crippen LogP) is 3.47. The summed E-state index contributed by atoms with van der Waals surface area (Å²) in [6, 6.07) is 4.41. The molecule has 14 heavy (non-hydrogen) atoms. The maximum atomic E-state index is 4.72. The van der Waals surface area contributed by atoms with Gasteiger partial charge in [-0.1, -0.05) is 19.9 Å². The predicted molar refractivity (Wildman–Crippen MR) is 59.5 cm³/mol. The first-order chi connectivity index (χ1) is 6.68. The Morgan fingerprint density at radius 3 is 2.86 bits per heavy atom. The van der Waals surface area contributed by atoms with Gasteiger partial charge in [-0.25, -0.2) is 0 Å². The van der Waals surface area contributed by atoms with Gasteiger partial charge in [-0.3, -0.25) is 4.98 Å². The molecule has 1 heteroatoms. The minimum atomic E-state index is 0.693. The molecule has 1 unspecified atom stereocenters. The van der Waals surface area contributed by atoms with E-state index in [4.69, 9.17) is 4.98 Å². The molecule has 0 aliphatic heterocycles. The molecule has 0 spiro atoms. The van der Waals surface area contributed by atoms with Crippen LogP contribution in [0.15, 0.2) is 12.1 Å². The van der Waals surface area contributed by atoms with Crippen molar-refractivity contribution in [1.29, 1.82) is 0 Å². The van der Waals surface area contributed by atoms with Crippen LogP contribution in [-0.4, -0.2) is 4.98 Å². The average molecular weight is 189 g/mol. The Morgan fingerprint density at radius 2 is 2.14 bits per heavy atom. The maximum Gasteiger partial charge on any atom is 0.0472 e. The van der Waals surface area contributed by atoms with Crippen LogP contribution < -0.4 is 0 Å². The number of hydrogen-bond donors (Lipinski definition) is 0. The van der Waals surface area contributed by atoms with Gasteiger partial charge in [-0.15, -0.1) is 0 Å². The van der Waals surface area contributed by atoms with E-state index >= 15 is 0 Å². The molecule has 76 valence electrons. The number of fused-ring (bicyclic) bond motifs is 1. The summed E-state index contributed by atoms with van der Waals surface area (Å²) in [7, 11) is 0. The molecule has 1 aliphatic rings. The fourth-order valence-electron chi connectivity index (χ4n) is 2.44. The maximum absolute atomic E-state index is 4.72.